The number of nitrogens with one attached hydrogen (secondary N) is 1. The van der Waals surface area contributed by atoms with E-state index in [-0.39, 0.29) is 18.4 Å². The van der Waals surface area contributed by atoms with Gasteiger partial charge in [-0.1, -0.05) is 19.0 Å². The lowest BCUT2D eigenvalue weighted by Crippen LogP contribution is -2.54. The number of piperidine rings is 1. The number of carbonyl (C=O) groups excluding carboxylic acids is 1. The molecule has 140 valence electrons. The van der Waals surface area contributed by atoms with Crippen LogP contribution >= 0.6 is 0 Å². The van der Waals surface area contributed by atoms with Crippen molar-refractivity contribution in [3.8, 4) is 0 Å². The van der Waals surface area contributed by atoms with E-state index in [9.17, 15) is 9.90 Å². The quantitative estimate of drug-likeness (QED) is 0.836. The molecule has 1 saturated heterocycles. The molecule has 0 bridgehead atoms. The summed E-state index contributed by atoms with van der Waals surface area (Å²) in [5, 5.41) is 17.8. The number of β-amino-alcohol motifs (C(OH)–C–C–N with tert-alkyl or cyclic N) is 1. The monoisotopic (exact) mass is 359 g/mol. The van der Waals surface area contributed by atoms with Crippen molar-refractivity contribution in [2.24, 2.45) is 0 Å². The first kappa shape index (κ1) is 18.3. The van der Waals surface area contributed by atoms with Gasteiger partial charge < -0.3 is 19.8 Å². The number of hydrogen-bond acceptors (Lipinski definition) is 7. The third kappa shape index (κ3) is 3.85. The minimum atomic E-state index is -1.02. The highest BCUT2D eigenvalue weighted by molar-refractivity contribution is 5.96. The number of amides is 1. The molecule has 3 rings (SSSR count). The summed E-state index contributed by atoms with van der Waals surface area (Å²) >= 11 is 0. The molecule has 8 nitrogen and oxygen atoms in total. The fourth-order valence-electron chi connectivity index (χ4n) is 3.30. The van der Waals surface area contributed by atoms with Crippen molar-refractivity contribution in [3.63, 3.8) is 0 Å². The van der Waals surface area contributed by atoms with Crippen LogP contribution in [0.1, 0.15) is 54.4 Å². The second-order valence-corrected chi connectivity index (χ2v) is 7.15. The van der Waals surface area contributed by atoms with Crippen LogP contribution in [0.25, 0.3) is 0 Å². The molecule has 0 aliphatic carbocycles. The molecule has 1 fully saturated rings. The predicted octanol–water partition coefficient (Wildman–Crippen LogP) is 1.66. The van der Waals surface area contributed by atoms with E-state index in [0.717, 1.165) is 18.8 Å². The molecule has 1 aliphatic rings. The summed E-state index contributed by atoms with van der Waals surface area (Å²) in [5.41, 5.74) is 0.0797. The molecule has 3 heterocycles. The smallest absolute Gasteiger partial charge is 0.256 e. The molecule has 1 atom stereocenters. The Labute approximate surface area is 152 Å². The maximum absolute atomic E-state index is 12.6. The van der Waals surface area contributed by atoms with E-state index < -0.39 is 5.60 Å². The van der Waals surface area contributed by atoms with E-state index in [1.165, 1.54) is 0 Å². The van der Waals surface area contributed by atoms with Crippen LogP contribution in [-0.4, -0.2) is 51.4 Å². The van der Waals surface area contributed by atoms with Gasteiger partial charge in [0, 0.05) is 32.0 Å². The fraction of sp³-hybridized carbons (Fsp3) is 0.556. The highest BCUT2D eigenvalue weighted by Gasteiger charge is 2.35. The molecule has 2 aromatic heterocycles. The van der Waals surface area contributed by atoms with Gasteiger partial charge in [0.25, 0.3) is 5.91 Å². The van der Waals surface area contributed by atoms with Crippen molar-refractivity contribution >= 4 is 11.7 Å². The lowest BCUT2D eigenvalue weighted by molar-refractivity contribution is 0.0254. The third-order valence-electron chi connectivity index (χ3n) is 4.67. The summed E-state index contributed by atoms with van der Waals surface area (Å²) in [6, 6.07) is 0. The van der Waals surface area contributed by atoms with E-state index in [1.807, 2.05) is 18.7 Å². The molecule has 1 aliphatic heterocycles. The molecule has 26 heavy (non-hydrogen) atoms. The lowest BCUT2D eigenvalue weighted by Gasteiger charge is -2.39. The second kappa shape index (κ2) is 7.41. The number of anilines is 1. The Kier molecular flexibility index (Phi) is 5.22. The Morgan fingerprint density at radius 3 is 2.96 bits per heavy atom. The maximum atomic E-state index is 12.6. The highest BCUT2D eigenvalue weighted by Crippen LogP contribution is 2.25. The lowest BCUT2D eigenvalue weighted by atomic mass is 9.92. The number of rotatable bonds is 5. The maximum Gasteiger partial charge on any atom is 0.256 e. The van der Waals surface area contributed by atoms with Crippen molar-refractivity contribution < 1.29 is 14.4 Å². The SMILES string of the molecule is Cc1onc(C(C)C)c1C(=O)NCC1(O)CCCN(c2cnccn2)C1. The largest absolute Gasteiger partial charge is 0.386 e. The summed E-state index contributed by atoms with van der Waals surface area (Å²) in [5.74, 6) is 1.03. The van der Waals surface area contributed by atoms with Gasteiger partial charge in [-0.15, -0.1) is 0 Å². The summed E-state index contributed by atoms with van der Waals surface area (Å²) < 4.78 is 5.17. The first-order valence-corrected chi connectivity index (χ1v) is 8.87. The van der Waals surface area contributed by atoms with Crippen LogP contribution in [0.5, 0.6) is 0 Å². The Balaban J connectivity index is 1.67. The summed E-state index contributed by atoms with van der Waals surface area (Å²) in [4.78, 5) is 23.0. The zero-order chi connectivity index (χ0) is 18.7. The Bertz CT molecular complexity index is 761. The topological polar surface area (TPSA) is 104 Å². The normalized spacial score (nSPS) is 20.4. The van der Waals surface area contributed by atoms with Crippen LogP contribution in [0.15, 0.2) is 23.1 Å². The van der Waals surface area contributed by atoms with E-state index >= 15 is 0 Å². The van der Waals surface area contributed by atoms with Crippen molar-refractivity contribution in [1.29, 1.82) is 0 Å². The van der Waals surface area contributed by atoms with Crippen LogP contribution in [0.3, 0.4) is 0 Å². The molecule has 0 saturated carbocycles. The molecule has 0 aromatic carbocycles. The number of hydrogen-bond donors (Lipinski definition) is 2. The standard InChI is InChI=1S/C18H25N5O3/c1-12(2)16-15(13(3)26-22-16)17(24)21-10-18(25)5-4-8-23(11-18)14-9-19-6-7-20-14/h6-7,9,12,25H,4-5,8,10-11H2,1-3H3,(H,21,24). The number of aromatic nitrogens is 3. The van der Waals surface area contributed by atoms with E-state index in [4.69, 9.17) is 4.52 Å². The van der Waals surface area contributed by atoms with Crippen LogP contribution in [0, 0.1) is 6.92 Å². The van der Waals surface area contributed by atoms with Crippen LogP contribution in [0.2, 0.25) is 0 Å². The van der Waals surface area contributed by atoms with Crippen molar-refractivity contribution in [3.05, 3.63) is 35.6 Å². The molecule has 1 unspecified atom stereocenters. The van der Waals surface area contributed by atoms with Gasteiger partial charge in [-0.2, -0.15) is 0 Å². The zero-order valence-corrected chi connectivity index (χ0v) is 15.4. The van der Waals surface area contributed by atoms with Gasteiger partial charge in [-0.05, 0) is 25.7 Å². The van der Waals surface area contributed by atoms with Gasteiger partial charge in [0.1, 0.15) is 17.1 Å². The molecule has 2 N–H and O–H groups in total. The summed E-state index contributed by atoms with van der Waals surface area (Å²) in [6.45, 7) is 7.00. The first-order chi connectivity index (χ1) is 12.4. The zero-order valence-electron chi connectivity index (χ0n) is 15.4. The van der Waals surface area contributed by atoms with Crippen LogP contribution in [0.4, 0.5) is 5.82 Å². The Morgan fingerprint density at radius 1 is 1.46 bits per heavy atom. The van der Waals surface area contributed by atoms with Crippen LogP contribution in [-0.2, 0) is 0 Å². The molecule has 0 spiro atoms. The van der Waals surface area contributed by atoms with Crippen molar-refractivity contribution in [1.82, 2.24) is 20.4 Å². The minimum absolute atomic E-state index is 0.0816. The van der Waals surface area contributed by atoms with Crippen molar-refractivity contribution in [2.75, 3.05) is 24.5 Å². The van der Waals surface area contributed by atoms with Gasteiger partial charge in [0.15, 0.2) is 0 Å². The molecule has 1 amide bonds. The summed E-state index contributed by atoms with van der Waals surface area (Å²) in [7, 11) is 0. The van der Waals surface area contributed by atoms with E-state index in [0.29, 0.717) is 30.0 Å². The Hall–Kier alpha value is -2.48. The average Bonchev–Trinajstić information content (AvgIpc) is 3.02. The number of aryl methyl sites for hydroxylation is 1. The van der Waals surface area contributed by atoms with E-state index in [1.54, 1.807) is 25.5 Å². The van der Waals surface area contributed by atoms with Crippen molar-refractivity contribution in [2.45, 2.75) is 45.1 Å². The molecule has 8 heteroatoms. The summed E-state index contributed by atoms with van der Waals surface area (Å²) in [6.07, 6.45) is 6.36. The Morgan fingerprint density at radius 2 is 2.27 bits per heavy atom. The van der Waals surface area contributed by atoms with Gasteiger partial charge >= 0.3 is 0 Å². The number of aliphatic hydroxyl groups is 1. The van der Waals surface area contributed by atoms with E-state index in [2.05, 4.69) is 20.4 Å². The molecule has 2 aromatic rings. The molecule has 0 radical (unpaired) electrons. The van der Waals surface area contributed by atoms with Crippen LogP contribution < -0.4 is 10.2 Å². The van der Waals surface area contributed by atoms with Gasteiger partial charge in [-0.3, -0.25) is 9.78 Å². The molecular weight excluding hydrogens is 334 g/mol. The van der Waals surface area contributed by atoms with Gasteiger partial charge in [-0.25, -0.2) is 4.98 Å². The van der Waals surface area contributed by atoms with Gasteiger partial charge in [0.2, 0.25) is 0 Å². The number of carbonyl (C=O) groups is 1. The highest BCUT2D eigenvalue weighted by atomic mass is 16.5. The third-order valence-corrected chi connectivity index (χ3v) is 4.67. The average molecular weight is 359 g/mol. The first-order valence-electron chi connectivity index (χ1n) is 8.87. The fourth-order valence-corrected chi connectivity index (χ4v) is 3.30. The minimum Gasteiger partial charge on any atom is -0.386 e. The molecular formula is C18H25N5O3. The number of nitrogens with zero attached hydrogens (tertiary/aromatic N) is 4. The predicted molar refractivity (Wildman–Crippen MR) is 96.1 cm³/mol. The second-order valence-electron chi connectivity index (χ2n) is 7.15. The van der Waals surface area contributed by atoms with Gasteiger partial charge in [0.05, 0.1) is 17.5 Å².